The lowest BCUT2D eigenvalue weighted by atomic mass is 9.92. The molecule has 2 rings (SSSR count). The highest BCUT2D eigenvalue weighted by Gasteiger charge is 2.29. The molecule has 0 aliphatic carbocycles. The van der Waals surface area contributed by atoms with Crippen LogP contribution in [-0.2, 0) is 10.3 Å². The summed E-state index contributed by atoms with van der Waals surface area (Å²) in [6.45, 7) is 7.85. The highest BCUT2D eigenvalue weighted by molar-refractivity contribution is 6.31. The van der Waals surface area contributed by atoms with Crippen molar-refractivity contribution in [2.75, 3.05) is 6.54 Å². The quantitative estimate of drug-likeness (QED) is 0.487. The number of amides is 1. The molecular weight excluding hydrogens is 429 g/mol. The average molecular weight is 454 g/mol. The molecule has 31 heavy (non-hydrogen) atoms. The molecule has 168 valence electrons. The molecule has 8 nitrogen and oxygen atoms in total. The van der Waals surface area contributed by atoms with Gasteiger partial charge in [-0.15, -0.1) is 0 Å². The van der Waals surface area contributed by atoms with Crippen LogP contribution < -0.4 is 5.32 Å². The van der Waals surface area contributed by atoms with Gasteiger partial charge < -0.3 is 15.2 Å². The second-order valence-corrected chi connectivity index (χ2v) is 8.99. The first kappa shape index (κ1) is 24.5. The van der Waals surface area contributed by atoms with Crippen molar-refractivity contribution in [1.82, 2.24) is 10.3 Å². The van der Waals surface area contributed by atoms with Crippen LogP contribution in [0, 0.1) is 15.9 Å². The third kappa shape index (κ3) is 6.86. The first-order chi connectivity index (χ1) is 14.2. The molecule has 0 fully saturated rings. The van der Waals surface area contributed by atoms with E-state index in [1.165, 1.54) is 24.3 Å². The molecule has 1 unspecified atom stereocenters. The summed E-state index contributed by atoms with van der Waals surface area (Å²) in [7, 11) is 0. The predicted octanol–water partition coefficient (Wildman–Crippen LogP) is 4.61. The zero-order chi connectivity index (χ0) is 23.6. The number of aliphatic hydroxyl groups is 1. The van der Waals surface area contributed by atoms with Crippen molar-refractivity contribution < 1.29 is 24.0 Å². The monoisotopic (exact) mass is 453 g/mol. The number of aromatic nitrogens is 1. The standard InChI is InChI=1S/C21H25ClFN3O5/c1-20(2,3)31-19(28)25-21(4,5)13-9-16(12-6-7-15(23)14(22)8-12)24-17(10-13)18(27)11-26(29)30/h6-10,18,27H,11H2,1-5H3,(H,25,28). The van der Waals surface area contributed by atoms with Crippen molar-refractivity contribution in [3.8, 4) is 11.3 Å². The molecule has 1 aromatic heterocycles. The summed E-state index contributed by atoms with van der Waals surface area (Å²) in [5.41, 5.74) is -0.425. The van der Waals surface area contributed by atoms with Crippen LogP contribution in [0.5, 0.6) is 0 Å². The van der Waals surface area contributed by atoms with Gasteiger partial charge in [0.15, 0.2) is 6.10 Å². The largest absolute Gasteiger partial charge is 0.444 e. The van der Waals surface area contributed by atoms with E-state index in [2.05, 4.69) is 10.3 Å². The molecule has 0 spiro atoms. The Morgan fingerprint density at radius 3 is 2.48 bits per heavy atom. The minimum absolute atomic E-state index is 0.0312. The zero-order valence-corrected chi connectivity index (χ0v) is 18.7. The number of pyridine rings is 1. The normalized spacial score (nSPS) is 12.9. The summed E-state index contributed by atoms with van der Waals surface area (Å²) in [5.74, 6) is -0.609. The molecule has 0 bridgehead atoms. The fourth-order valence-electron chi connectivity index (χ4n) is 2.75. The maximum absolute atomic E-state index is 13.6. The second-order valence-electron chi connectivity index (χ2n) is 8.58. The fraction of sp³-hybridized carbons (Fsp3) is 0.429. The number of carbonyl (C=O) groups excluding carboxylic acids is 1. The maximum atomic E-state index is 13.6. The van der Waals surface area contributed by atoms with Gasteiger partial charge in [0.25, 0.3) is 0 Å². The Kier molecular flexibility index (Phi) is 7.23. The molecular formula is C21H25ClFN3O5. The fourth-order valence-corrected chi connectivity index (χ4v) is 2.93. The Bertz CT molecular complexity index is 991. The zero-order valence-electron chi connectivity index (χ0n) is 17.9. The summed E-state index contributed by atoms with van der Waals surface area (Å²) in [5, 5.41) is 23.8. The van der Waals surface area contributed by atoms with Crippen LogP contribution in [0.25, 0.3) is 11.3 Å². The number of alkyl carbamates (subject to hydrolysis) is 1. The van der Waals surface area contributed by atoms with Gasteiger partial charge in [-0.1, -0.05) is 11.6 Å². The Balaban J connectivity index is 2.53. The van der Waals surface area contributed by atoms with Gasteiger partial charge >= 0.3 is 6.09 Å². The molecule has 0 aliphatic rings. The number of halogens is 2. The summed E-state index contributed by atoms with van der Waals surface area (Å²) in [4.78, 5) is 26.8. The molecule has 2 aromatic rings. The van der Waals surface area contributed by atoms with Crippen LogP contribution in [0.1, 0.15) is 52.0 Å². The SMILES string of the molecule is CC(C)(C)OC(=O)NC(C)(C)c1cc(-c2ccc(F)c(Cl)c2)nc(C(O)C[N+](=O)[O-])c1. The number of benzene rings is 1. The average Bonchev–Trinajstić information content (AvgIpc) is 2.61. The van der Waals surface area contributed by atoms with E-state index in [4.69, 9.17) is 16.3 Å². The number of nitro groups is 1. The minimum Gasteiger partial charge on any atom is -0.444 e. The molecule has 1 atom stereocenters. The lowest BCUT2D eigenvalue weighted by Gasteiger charge is -2.30. The molecule has 0 saturated carbocycles. The van der Waals surface area contributed by atoms with E-state index in [9.17, 15) is 24.4 Å². The number of aliphatic hydroxyl groups excluding tert-OH is 1. The summed E-state index contributed by atoms with van der Waals surface area (Å²) in [6, 6.07) is 7.08. The summed E-state index contributed by atoms with van der Waals surface area (Å²) < 4.78 is 18.9. The Morgan fingerprint density at radius 1 is 1.29 bits per heavy atom. The van der Waals surface area contributed by atoms with Crippen LogP contribution in [0.2, 0.25) is 5.02 Å². The Hall–Kier alpha value is -2.78. The third-order valence-electron chi connectivity index (χ3n) is 4.26. The summed E-state index contributed by atoms with van der Waals surface area (Å²) >= 11 is 5.88. The van der Waals surface area contributed by atoms with Crippen molar-refractivity contribution in [1.29, 1.82) is 0 Å². The van der Waals surface area contributed by atoms with Gasteiger partial charge in [-0.2, -0.15) is 0 Å². The lowest BCUT2D eigenvalue weighted by Crippen LogP contribution is -2.44. The van der Waals surface area contributed by atoms with Crippen molar-refractivity contribution in [2.45, 2.75) is 51.9 Å². The van der Waals surface area contributed by atoms with Gasteiger partial charge in [0.1, 0.15) is 11.4 Å². The van der Waals surface area contributed by atoms with Gasteiger partial charge in [-0.25, -0.2) is 14.2 Å². The van der Waals surface area contributed by atoms with Gasteiger partial charge in [-0.3, -0.25) is 10.1 Å². The Labute approximate surface area is 184 Å². The van der Waals surface area contributed by atoms with Gasteiger partial charge in [-0.05, 0) is 70.5 Å². The van der Waals surface area contributed by atoms with Crippen molar-refractivity contribution in [3.63, 3.8) is 0 Å². The first-order valence-corrected chi connectivity index (χ1v) is 9.84. The topological polar surface area (TPSA) is 115 Å². The van der Waals surface area contributed by atoms with Crippen molar-refractivity contribution in [3.05, 3.63) is 62.5 Å². The molecule has 0 aliphatic heterocycles. The summed E-state index contributed by atoms with van der Waals surface area (Å²) in [6.07, 6.45) is -2.14. The Morgan fingerprint density at radius 2 is 1.94 bits per heavy atom. The number of carbonyl (C=O) groups is 1. The minimum atomic E-state index is -1.48. The molecule has 1 heterocycles. The van der Waals surface area contributed by atoms with Crippen molar-refractivity contribution >= 4 is 17.7 Å². The number of hydrogen-bond acceptors (Lipinski definition) is 6. The number of hydrogen-bond donors (Lipinski definition) is 2. The molecule has 0 saturated heterocycles. The van der Waals surface area contributed by atoms with Gasteiger partial charge in [0.05, 0.1) is 21.9 Å². The van der Waals surface area contributed by atoms with Gasteiger partial charge in [0, 0.05) is 10.5 Å². The van der Waals surface area contributed by atoms with Gasteiger partial charge in [0.2, 0.25) is 6.54 Å². The number of ether oxygens (including phenoxy) is 1. The highest BCUT2D eigenvalue weighted by atomic mass is 35.5. The second kappa shape index (κ2) is 9.15. The molecule has 10 heteroatoms. The smallest absolute Gasteiger partial charge is 0.408 e. The van der Waals surface area contributed by atoms with Crippen LogP contribution >= 0.6 is 11.6 Å². The van der Waals surface area contributed by atoms with E-state index in [0.29, 0.717) is 16.8 Å². The number of rotatable bonds is 6. The molecule has 2 N–H and O–H groups in total. The predicted molar refractivity (Wildman–Crippen MR) is 114 cm³/mol. The van der Waals surface area contributed by atoms with Crippen LogP contribution in [-0.4, -0.2) is 33.3 Å². The van der Waals surface area contributed by atoms with E-state index in [0.717, 1.165) is 0 Å². The first-order valence-electron chi connectivity index (χ1n) is 9.47. The number of nitrogens with one attached hydrogen (secondary N) is 1. The number of nitrogens with zero attached hydrogens (tertiary/aromatic N) is 2. The van der Waals surface area contributed by atoms with E-state index < -0.39 is 40.6 Å². The van der Waals surface area contributed by atoms with Crippen LogP contribution in [0.15, 0.2) is 30.3 Å². The third-order valence-corrected chi connectivity index (χ3v) is 4.55. The highest BCUT2D eigenvalue weighted by Crippen LogP contribution is 2.30. The van der Waals surface area contributed by atoms with Crippen LogP contribution in [0.3, 0.4) is 0 Å². The van der Waals surface area contributed by atoms with E-state index >= 15 is 0 Å². The lowest BCUT2D eigenvalue weighted by molar-refractivity contribution is -0.491. The molecule has 1 aromatic carbocycles. The van der Waals surface area contributed by atoms with E-state index in [1.54, 1.807) is 40.7 Å². The van der Waals surface area contributed by atoms with E-state index in [1.807, 2.05) is 0 Å². The van der Waals surface area contributed by atoms with E-state index in [-0.39, 0.29) is 10.7 Å². The van der Waals surface area contributed by atoms with Crippen LogP contribution in [0.4, 0.5) is 9.18 Å². The molecule has 0 radical (unpaired) electrons. The van der Waals surface area contributed by atoms with Crippen molar-refractivity contribution in [2.24, 2.45) is 0 Å². The maximum Gasteiger partial charge on any atom is 0.408 e. The molecule has 1 amide bonds.